The van der Waals surface area contributed by atoms with Crippen LogP contribution in [-0.2, 0) is 9.53 Å². The molecule has 0 fully saturated rings. The molecule has 1 heterocycles. The summed E-state index contributed by atoms with van der Waals surface area (Å²) in [6.07, 6.45) is 4.30. The average Bonchev–Trinajstić information content (AvgIpc) is 2.55. The number of hydrogen-bond donors (Lipinski definition) is 0. The van der Waals surface area contributed by atoms with Gasteiger partial charge < -0.3 is 4.74 Å². The fraction of sp³-hybridized carbons (Fsp3) is 0.375. The molecule has 0 aliphatic carbocycles. The van der Waals surface area contributed by atoms with E-state index in [2.05, 4.69) is 10.1 Å². The van der Waals surface area contributed by atoms with E-state index in [0.29, 0.717) is 12.3 Å². The van der Waals surface area contributed by atoms with Crippen LogP contribution in [-0.4, -0.2) is 27.3 Å². The van der Waals surface area contributed by atoms with E-state index < -0.39 is 0 Å². The maximum Gasteiger partial charge on any atom is 0.332 e. The smallest absolute Gasteiger partial charge is 0.332 e. The van der Waals surface area contributed by atoms with Gasteiger partial charge in [-0.25, -0.2) is 14.5 Å². The topological polar surface area (TPSA) is 57.0 Å². The number of nitrogens with zero attached hydrogens (tertiary/aromatic N) is 3. The van der Waals surface area contributed by atoms with Crippen LogP contribution in [0.4, 0.5) is 0 Å². The maximum atomic E-state index is 11.0. The minimum atomic E-state index is -0.365. The number of esters is 1. The van der Waals surface area contributed by atoms with Crippen molar-refractivity contribution in [2.75, 3.05) is 6.61 Å². The van der Waals surface area contributed by atoms with Gasteiger partial charge in [0.05, 0.1) is 6.61 Å². The monoisotopic (exact) mass is 181 g/mol. The quantitative estimate of drug-likeness (QED) is 0.508. The summed E-state index contributed by atoms with van der Waals surface area (Å²) in [5, 5.41) is 3.86. The third-order valence-corrected chi connectivity index (χ3v) is 1.39. The van der Waals surface area contributed by atoms with Crippen molar-refractivity contribution in [1.29, 1.82) is 0 Å². The Bertz CT molecular complexity index is 303. The van der Waals surface area contributed by atoms with Crippen LogP contribution in [0, 0.1) is 0 Å². The molecule has 0 N–H and O–H groups in total. The van der Waals surface area contributed by atoms with Crippen LogP contribution >= 0.6 is 0 Å². The lowest BCUT2D eigenvalue weighted by molar-refractivity contribution is -0.137. The number of aromatic nitrogens is 3. The lowest BCUT2D eigenvalue weighted by atomic mass is 10.4. The third-order valence-electron chi connectivity index (χ3n) is 1.39. The minimum Gasteiger partial charge on any atom is -0.463 e. The first kappa shape index (κ1) is 9.44. The van der Waals surface area contributed by atoms with Crippen molar-refractivity contribution >= 4 is 11.7 Å². The maximum absolute atomic E-state index is 11.0. The van der Waals surface area contributed by atoms with Gasteiger partial charge in [-0.2, -0.15) is 5.10 Å². The Morgan fingerprint density at radius 1 is 1.69 bits per heavy atom. The summed E-state index contributed by atoms with van der Waals surface area (Å²) in [4.78, 5) is 14.7. The van der Waals surface area contributed by atoms with Gasteiger partial charge in [0.2, 0.25) is 0 Å². The summed E-state index contributed by atoms with van der Waals surface area (Å²) in [6.45, 7) is 3.89. The number of carbonyl (C=O) groups excluding carboxylic acids is 1. The van der Waals surface area contributed by atoms with E-state index in [4.69, 9.17) is 4.74 Å². The van der Waals surface area contributed by atoms with E-state index in [1.165, 1.54) is 23.4 Å². The first-order valence-electron chi connectivity index (χ1n) is 3.94. The van der Waals surface area contributed by atoms with Crippen molar-refractivity contribution < 1.29 is 9.53 Å². The van der Waals surface area contributed by atoms with Gasteiger partial charge in [-0.1, -0.05) is 0 Å². The van der Waals surface area contributed by atoms with Gasteiger partial charge in [0, 0.05) is 11.8 Å². The molecule has 1 aromatic heterocycles. The summed E-state index contributed by atoms with van der Waals surface area (Å²) >= 11 is 0. The van der Waals surface area contributed by atoms with Crippen molar-refractivity contribution in [3.05, 3.63) is 18.7 Å². The van der Waals surface area contributed by atoms with E-state index in [1.807, 2.05) is 0 Å². The summed E-state index contributed by atoms with van der Waals surface area (Å²) < 4.78 is 6.23. The number of hydrogen-bond acceptors (Lipinski definition) is 4. The summed E-state index contributed by atoms with van der Waals surface area (Å²) in [7, 11) is 0. The second-order valence-corrected chi connectivity index (χ2v) is 2.38. The van der Waals surface area contributed by atoms with E-state index in [0.717, 1.165) is 0 Å². The second-order valence-electron chi connectivity index (χ2n) is 2.38. The van der Waals surface area contributed by atoms with E-state index in [9.17, 15) is 4.79 Å². The molecular formula is C8H11N3O2. The molecule has 5 heteroatoms. The molecular weight excluding hydrogens is 170 g/mol. The largest absolute Gasteiger partial charge is 0.463 e. The Balaban J connectivity index is 2.67. The van der Waals surface area contributed by atoms with Gasteiger partial charge in [0.15, 0.2) is 0 Å². The van der Waals surface area contributed by atoms with E-state index >= 15 is 0 Å². The lowest BCUT2D eigenvalue weighted by Gasteiger charge is -1.99. The Morgan fingerprint density at radius 3 is 3.00 bits per heavy atom. The predicted molar refractivity (Wildman–Crippen MR) is 46.6 cm³/mol. The lowest BCUT2D eigenvalue weighted by Crippen LogP contribution is -2.03. The van der Waals surface area contributed by atoms with Crippen LogP contribution in [0.2, 0.25) is 0 Å². The van der Waals surface area contributed by atoms with Gasteiger partial charge in [-0.3, -0.25) is 0 Å². The van der Waals surface area contributed by atoms with Crippen LogP contribution in [0.5, 0.6) is 0 Å². The Labute approximate surface area is 76.0 Å². The average molecular weight is 181 g/mol. The van der Waals surface area contributed by atoms with Crippen LogP contribution in [0.3, 0.4) is 0 Å². The van der Waals surface area contributed by atoms with E-state index in [-0.39, 0.29) is 5.97 Å². The zero-order valence-corrected chi connectivity index (χ0v) is 7.60. The summed E-state index contributed by atoms with van der Waals surface area (Å²) in [5.74, 6) is -0.365. The standard InChI is InChI=1S/C8H11N3O2/c1-3-13-8(12)4-7(2)11-6-9-5-10-11/h4-6H,3H2,1-2H3/b7-4-. The van der Waals surface area contributed by atoms with Crippen LogP contribution in [0.1, 0.15) is 13.8 Å². The number of allylic oxidation sites excluding steroid dienone is 1. The molecule has 1 rings (SSSR count). The first-order valence-corrected chi connectivity index (χ1v) is 3.94. The highest BCUT2D eigenvalue weighted by molar-refractivity contribution is 5.87. The molecule has 0 saturated carbocycles. The second kappa shape index (κ2) is 4.39. The van der Waals surface area contributed by atoms with Gasteiger partial charge >= 0.3 is 5.97 Å². The van der Waals surface area contributed by atoms with Crippen molar-refractivity contribution in [2.45, 2.75) is 13.8 Å². The van der Waals surface area contributed by atoms with Crippen LogP contribution in [0.25, 0.3) is 5.70 Å². The summed E-state index contributed by atoms with van der Waals surface area (Å²) in [6, 6.07) is 0. The number of rotatable bonds is 3. The van der Waals surface area contributed by atoms with E-state index in [1.54, 1.807) is 13.8 Å². The van der Waals surface area contributed by atoms with Crippen molar-refractivity contribution in [3.63, 3.8) is 0 Å². The highest BCUT2D eigenvalue weighted by Gasteiger charge is 1.99. The molecule has 0 amide bonds. The van der Waals surface area contributed by atoms with Crippen molar-refractivity contribution in [2.24, 2.45) is 0 Å². The molecule has 13 heavy (non-hydrogen) atoms. The zero-order valence-electron chi connectivity index (χ0n) is 7.60. The minimum absolute atomic E-state index is 0.365. The molecule has 0 aromatic carbocycles. The highest BCUT2D eigenvalue weighted by Crippen LogP contribution is 1.99. The first-order chi connectivity index (χ1) is 6.24. The van der Waals surface area contributed by atoms with Crippen LogP contribution < -0.4 is 0 Å². The molecule has 0 aliphatic heterocycles. The Hall–Kier alpha value is -1.65. The molecule has 0 radical (unpaired) electrons. The molecule has 0 spiro atoms. The van der Waals surface area contributed by atoms with Gasteiger partial charge in [-0.05, 0) is 13.8 Å². The predicted octanol–water partition coefficient (Wildman–Crippen LogP) is 0.702. The number of ether oxygens (including phenoxy) is 1. The zero-order chi connectivity index (χ0) is 9.68. The SMILES string of the molecule is CCOC(=O)/C=C(/C)n1cncn1. The molecule has 0 unspecified atom stereocenters. The summed E-state index contributed by atoms with van der Waals surface area (Å²) in [5.41, 5.74) is 0.677. The molecule has 0 saturated heterocycles. The van der Waals surface area contributed by atoms with Gasteiger partial charge in [0.25, 0.3) is 0 Å². The van der Waals surface area contributed by atoms with Crippen LogP contribution in [0.15, 0.2) is 18.7 Å². The van der Waals surface area contributed by atoms with Gasteiger partial charge in [0.1, 0.15) is 12.7 Å². The molecule has 1 aromatic rings. The third kappa shape index (κ3) is 2.70. The highest BCUT2D eigenvalue weighted by atomic mass is 16.5. The van der Waals surface area contributed by atoms with Crippen molar-refractivity contribution in [1.82, 2.24) is 14.8 Å². The molecule has 5 nitrogen and oxygen atoms in total. The Morgan fingerprint density at radius 2 is 2.46 bits per heavy atom. The van der Waals surface area contributed by atoms with Crippen molar-refractivity contribution in [3.8, 4) is 0 Å². The Kier molecular flexibility index (Phi) is 3.19. The fourth-order valence-corrected chi connectivity index (χ4v) is 0.811. The number of carbonyl (C=O) groups is 1. The molecule has 0 bridgehead atoms. The molecule has 0 atom stereocenters. The normalized spacial score (nSPS) is 11.4. The fourth-order valence-electron chi connectivity index (χ4n) is 0.811. The molecule has 70 valence electrons. The van der Waals surface area contributed by atoms with Gasteiger partial charge in [-0.15, -0.1) is 0 Å². The molecule has 0 aliphatic rings.